The third kappa shape index (κ3) is 7.87. The number of nitrogens with one attached hydrogen (secondary N) is 2. The molecule has 20 heavy (non-hydrogen) atoms. The second kappa shape index (κ2) is 8.69. The summed E-state index contributed by atoms with van der Waals surface area (Å²) < 4.78 is 0. The van der Waals surface area contributed by atoms with Crippen LogP contribution in [0.1, 0.15) is 19.3 Å². The van der Waals surface area contributed by atoms with Crippen molar-refractivity contribution in [1.82, 2.24) is 10.6 Å². The normalized spacial score (nSPS) is 13.1. The number of carboxylic acids is 2. The third-order valence-corrected chi connectivity index (χ3v) is 2.32. The highest BCUT2D eigenvalue weighted by atomic mass is 16.4. The molecular weight excluding hydrogens is 272 g/mol. The lowest BCUT2D eigenvalue weighted by Crippen LogP contribution is -2.49. The van der Waals surface area contributed by atoms with Crippen molar-refractivity contribution in [3.8, 4) is 0 Å². The van der Waals surface area contributed by atoms with E-state index in [0.29, 0.717) is 6.42 Å². The Bertz CT molecular complexity index is 386. The van der Waals surface area contributed by atoms with E-state index in [1.54, 1.807) is 0 Å². The molecule has 0 aromatic heterocycles. The monoisotopic (exact) mass is 290 g/mol. The van der Waals surface area contributed by atoms with E-state index in [2.05, 4.69) is 5.32 Å². The summed E-state index contributed by atoms with van der Waals surface area (Å²) >= 11 is 0. The number of carbonyl (C=O) groups excluding carboxylic acids is 2. The lowest BCUT2D eigenvalue weighted by Gasteiger charge is -2.16. The largest absolute Gasteiger partial charge is 0.481 e. The molecule has 3 amide bonds. The molecule has 0 spiro atoms. The highest BCUT2D eigenvalue weighted by Gasteiger charge is 2.25. The number of nitrogens with two attached hydrogens (primary N) is 2. The summed E-state index contributed by atoms with van der Waals surface area (Å²) in [4.78, 5) is 43.1. The number of primary amides is 1. The number of hydrogen-bond donors (Lipinski definition) is 6. The molecule has 0 fully saturated rings. The van der Waals surface area contributed by atoms with E-state index in [1.807, 2.05) is 5.32 Å². The summed E-state index contributed by atoms with van der Waals surface area (Å²) in [5.41, 5.74) is 10.4. The van der Waals surface area contributed by atoms with E-state index in [9.17, 15) is 19.2 Å². The van der Waals surface area contributed by atoms with Gasteiger partial charge in [-0.25, -0.2) is 9.59 Å². The van der Waals surface area contributed by atoms with Crippen molar-refractivity contribution in [3.63, 3.8) is 0 Å². The molecule has 0 bridgehead atoms. The predicted molar refractivity (Wildman–Crippen MR) is 66.6 cm³/mol. The summed E-state index contributed by atoms with van der Waals surface area (Å²) in [6.07, 6.45) is -0.184. The molecule has 8 N–H and O–H groups in total. The molecule has 0 aliphatic heterocycles. The van der Waals surface area contributed by atoms with Crippen LogP contribution in [-0.2, 0) is 14.4 Å². The minimum absolute atomic E-state index is 0.186. The van der Waals surface area contributed by atoms with E-state index < -0.39 is 42.4 Å². The first kappa shape index (κ1) is 17.6. The minimum atomic E-state index is -1.53. The molecule has 114 valence electrons. The van der Waals surface area contributed by atoms with Crippen LogP contribution in [0.15, 0.2) is 0 Å². The molecular formula is C10H18N4O6. The van der Waals surface area contributed by atoms with Gasteiger partial charge in [-0.3, -0.25) is 9.59 Å². The number of carbonyl (C=O) groups is 4. The highest BCUT2D eigenvalue weighted by molar-refractivity contribution is 5.89. The Morgan fingerprint density at radius 2 is 1.75 bits per heavy atom. The first-order valence-electron chi connectivity index (χ1n) is 5.78. The number of urea groups is 1. The zero-order valence-electron chi connectivity index (χ0n) is 10.7. The van der Waals surface area contributed by atoms with E-state index in [4.69, 9.17) is 21.7 Å². The van der Waals surface area contributed by atoms with Crippen molar-refractivity contribution < 1.29 is 29.4 Å². The molecule has 0 aliphatic carbocycles. The van der Waals surface area contributed by atoms with Gasteiger partial charge < -0.3 is 32.3 Å². The van der Waals surface area contributed by atoms with Gasteiger partial charge in [0.05, 0.1) is 12.5 Å². The van der Waals surface area contributed by atoms with Gasteiger partial charge in [0.15, 0.2) is 0 Å². The predicted octanol–water partition coefficient (Wildman–Crippen LogP) is -2.19. The first-order valence-corrected chi connectivity index (χ1v) is 5.78. The number of aliphatic carboxylic acids is 2. The summed E-state index contributed by atoms with van der Waals surface area (Å²) in [6.45, 7) is 0.230. The molecule has 10 nitrogen and oxygen atoms in total. The molecule has 2 atom stereocenters. The van der Waals surface area contributed by atoms with Gasteiger partial charge in [-0.1, -0.05) is 0 Å². The quantitative estimate of drug-likeness (QED) is 0.260. The summed E-state index contributed by atoms with van der Waals surface area (Å²) in [5.74, 6) is -3.57. The van der Waals surface area contributed by atoms with Crippen LogP contribution in [-0.4, -0.2) is 52.7 Å². The number of amides is 3. The van der Waals surface area contributed by atoms with Gasteiger partial charge in [0.25, 0.3) is 0 Å². The van der Waals surface area contributed by atoms with E-state index in [-0.39, 0.29) is 13.0 Å². The molecule has 10 heteroatoms. The van der Waals surface area contributed by atoms with E-state index in [0.717, 1.165) is 0 Å². The Kier molecular flexibility index (Phi) is 7.67. The average molecular weight is 290 g/mol. The van der Waals surface area contributed by atoms with Gasteiger partial charge >= 0.3 is 18.0 Å². The Balaban J connectivity index is 4.18. The molecule has 0 saturated carbocycles. The zero-order valence-corrected chi connectivity index (χ0v) is 10.7. The fourth-order valence-corrected chi connectivity index (χ4v) is 1.32. The maximum Gasteiger partial charge on any atom is 0.326 e. The van der Waals surface area contributed by atoms with Crippen LogP contribution in [0.25, 0.3) is 0 Å². The maximum atomic E-state index is 11.6. The second-order valence-corrected chi connectivity index (χ2v) is 4.04. The summed E-state index contributed by atoms with van der Waals surface area (Å²) in [5, 5.41) is 21.6. The Hall–Kier alpha value is -2.36. The Labute approximate surface area is 114 Å². The lowest BCUT2D eigenvalue weighted by atomic mass is 10.1. The molecule has 0 unspecified atom stereocenters. The van der Waals surface area contributed by atoms with Crippen molar-refractivity contribution in [2.75, 3.05) is 6.54 Å². The lowest BCUT2D eigenvalue weighted by molar-refractivity contribution is -0.147. The van der Waals surface area contributed by atoms with Crippen LogP contribution in [0.2, 0.25) is 0 Å². The fourth-order valence-electron chi connectivity index (χ4n) is 1.32. The molecule has 0 radical (unpaired) electrons. The van der Waals surface area contributed by atoms with Crippen LogP contribution >= 0.6 is 0 Å². The van der Waals surface area contributed by atoms with Crippen molar-refractivity contribution in [2.45, 2.75) is 31.3 Å². The van der Waals surface area contributed by atoms with Crippen LogP contribution < -0.4 is 22.1 Å². The zero-order chi connectivity index (χ0) is 15.7. The Morgan fingerprint density at radius 1 is 1.15 bits per heavy atom. The smallest absolute Gasteiger partial charge is 0.326 e. The van der Waals surface area contributed by atoms with Gasteiger partial charge in [0.2, 0.25) is 5.91 Å². The maximum absolute atomic E-state index is 11.6. The van der Waals surface area contributed by atoms with E-state index >= 15 is 0 Å². The fraction of sp³-hybridized carbons (Fsp3) is 0.600. The summed E-state index contributed by atoms with van der Waals surface area (Å²) in [6, 6.07) is -3.23. The number of carboxylic acid groups (broad SMARTS) is 2. The van der Waals surface area contributed by atoms with Crippen molar-refractivity contribution in [1.29, 1.82) is 0 Å². The first-order chi connectivity index (χ1) is 9.23. The minimum Gasteiger partial charge on any atom is -0.481 e. The standard InChI is InChI=1S/C10H18N4O6/c11-5(2-1-3-13-10(12)20)8(17)14-6(9(18)19)4-7(15)16/h5-6H,1-4,11H2,(H,14,17)(H,15,16)(H,18,19)(H3,12,13,20)/t5-,6-/m1/s1. The second-order valence-electron chi connectivity index (χ2n) is 4.04. The van der Waals surface area contributed by atoms with Gasteiger partial charge in [-0.05, 0) is 12.8 Å². The molecule has 0 saturated heterocycles. The molecule has 0 aliphatic rings. The SMILES string of the molecule is NC(=O)NCCC[C@@H](N)C(=O)N[C@H](CC(=O)O)C(=O)O. The van der Waals surface area contributed by atoms with Gasteiger partial charge in [-0.2, -0.15) is 0 Å². The highest BCUT2D eigenvalue weighted by Crippen LogP contribution is 1.98. The topological polar surface area (TPSA) is 185 Å². The van der Waals surface area contributed by atoms with Crippen LogP contribution in [0, 0.1) is 0 Å². The Morgan fingerprint density at radius 3 is 2.20 bits per heavy atom. The van der Waals surface area contributed by atoms with Crippen LogP contribution in [0.3, 0.4) is 0 Å². The summed E-state index contributed by atoms with van der Waals surface area (Å²) in [7, 11) is 0. The molecule has 0 aromatic carbocycles. The van der Waals surface area contributed by atoms with Crippen LogP contribution in [0.4, 0.5) is 4.79 Å². The van der Waals surface area contributed by atoms with Crippen molar-refractivity contribution in [3.05, 3.63) is 0 Å². The van der Waals surface area contributed by atoms with Gasteiger partial charge in [0, 0.05) is 6.54 Å². The van der Waals surface area contributed by atoms with Crippen LogP contribution in [0.5, 0.6) is 0 Å². The van der Waals surface area contributed by atoms with Crippen molar-refractivity contribution >= 4 is 23.9 Å². The third-order valence-electron chi connectivity index (χ3n) is 2.32. The number of hydrogen-bond acceptors (Lipinski definition) is 5. The van der Waals surface area contributed by atoms with Gasteiger partial charge in [-0.15, -0.1) is 0 Å². The molecule has 0 aromatic rings. The van der Waals surface area contributed by atoms with Gasteiger partial charge in [0.1, 0.15) is 6.04 Å². The number of rotatable bonds is 9. The molecule has 0 rings (SSSR count). The average Bonchev–Trinajstić information content (AvgIpc) is 2.32. The van der Waals surface area contributed by atoms with Crippen molar-refractivity contribution in [2.24, 2.45) is 11.5 Å². The molecule has 0 heterocycles. The van der Waals surface area contributed by atoms with E-state index in [1.165, 1.54) is 0 Å².